The van der Waals surface area contributed by atoms with E-state index >= 15 is 0 Å². The lowest BCUT2D eigenvalue weighted by Crippen LogP contribution is -2.34. The second kappa shape index (κ2) is 5.87. The van der Waals surface area contributed by atoms with E-state index in [9.17, 15) is 4.79 Å². The molecule has 84 valence electrons. The van der Waals surface area contributed by atoms with E-state index < -0.39 is 0 Å². The Hall–Kier alpha value is -0.880. The summed E-state index contributed by atoms with van der Waals surface area (Å²) in [7, 11) is 0. The van der Waals surface area contributed by atoms with Gasteiger partial charge in [0.1, 0.15) is 5.78 Å². The van der Waals surface area contributed by atoms with Gasteiger partial charge in [0.2, 0.25) is 0 Å². The number of hydrogen-bond acceptors (Lipinski definition) is 3. The number of hydrogen-bond donors (Lipinski definition) is 0. The molecule has 0 heterocycles. The van der Waals surface area contributed by atoms with Gasteiger partial charge in [-0.3, -0.25) is 9.69 Å². The molecule has 1 unspecified atom stereocenters. The van der Waals surface area contributed by atoms with Gasteiger partial charge in [-0.15, -0.1) is 0 Å². The van der Waals surface area contributed by atoms with Crippen LogP contribution in [0.2, 0.25) is 0 Å². The second-order valence-corrected chi connectivity index (χ2v) is 4.39. The van der Waals surface area contributed by atoms with Crippen LogP contribution in [-0.4, -0.2) is 29.8 Å². The largest absolute Gasteiger partial charge is 0.298 e. The Labute approximate surface area is 92.1 Å². The van der Waals surface area contributed by atoms with E-state index in [0.717, 1.165) is 13.0 Å². The van der Waals surface area contributed by atoms with Crippen molar-refractivity contribution in [3.63, 3.8) is 0 Å². The van der Waals surface area contributed by atoms with Crippen LogP contribution in [-0.2, 0) is 4.79 Å². The van der Waals surface area contributed by atoms with Crippen molar-refractivity contribution in [3.05, 3.63) is 0 Å². The lowest BCUT2D eigenvalue weighted by Gasteiger charge is -2.21. The first-order valence-electron chi connectivity index (χ1n) is 5.82. The van der Waals surface area contributed by atoms with Gasteiger partial charge in [-0.25, -0.2) is 0 Å². The molecule has 0 aliphatic heterocycles. The standard InChI is InChI=1S/C12H20N2O/c1-3-10(2)12(15)9-14(8-4-7-13)11-5-6-11/h10-11H,3-6,8-9H2,1-2H3. The third kappa shape index (κ3) is 4.01. The first-order chi connectivity index (χ1) is 7.19. The van der Waals surface area contributed by atoms with Crippen molar-refractivity contribution < 1.29 is 4.79 Å². The number of nitriles is 1. The van der Waals surface area contributed by atoms with Crippen molar-refractivity contribution >= 4 is 5.78 Å². The summed E-state index contributed by atoms with van der Waals surface area (Å²) >= 11 is 0. The molecule has 0 spiro atoms. The van der Waals surface area contributed by atoms with Gasteiger partial charge in [-0.05, 0) is 19.3 Å². The topological polar surface area (TPSA) is 44.1 Å². The molecule has 1 aliphatic carbocycles. The van der Waals surface area contributed by atoms with Crippen LogP contribution in [0.3, 0.4) is 0 Å². The number of Topliss-reactive ketones (excluding diaryl/α,β-unsaturated/α-hetero) is 1. The third-order valence-corrected chi connectivity index (χ3v) is 3.10. The van der Waals surface area contributed by atoms with Crippen LogP contribution in [0, 0.1) is 17.2 Å². The number of nitrogens with zero attached hydrogens (tertiary/aromatic N) is 2. The molecule has 3 heteroatoms. The van der Waals surface area contributed by atoms with Crippen LogP contribution < -0.4 is 0 Å². The fraction of sp³-hybridized carbons (Fsp3) is 0.833. The lowest BCUT2D eigenvalue weighted by atomic mass is 10.0. The van der Waals surface area contributed by atoms with E-state index in [0.29, 0.717) is 24.8 Å². The predicted octanol–water partition coefficient (Wildman–Crippen LogP) is 1.98. The molecule has 0 aromatic carbocycles. The molecule has 0 radical (unpaired) electrons. The minimum Gasteiger partial charge on any atom is -0.298 e. The molecule has 0 aromatic heterocycles. The molecule has 15 heavy (non-hydrogen) atoms. The van der Waals surface area contributed by atoms with Crippen molar-refractivity contribution in [1.29, 1.82) is 5.26 Å². The molecule has 0 amide bonds. The fourth-order valence-electron chi connectivity index (χ4n) is 1.61. The average molecular weight is 208 g/mol. The van der Waals surface area contributed by atoms with Crippen LogP contribution in [0.15, 0.2) is 0 Å². The number of carbonyl (C=O) groups is 1. The van der Waals surface area contributed by atoms with Gasteiger partial charge in [0.15, 0.2) is 0 Å². The minimum absolute atomic E-state index is 0.160. The molecular weight excluding hydrogens is 188 g/mol. The van der Waals surface area contributed by atoms with Crippen LogP contribution in [0.25, 0.3) is 0 Å². The Morgan fingerprint density at radius 3 is 2.73 bits per heavy atom. The van der Waals surface area contributed by atoms with Crippen molar-refractivity contribution in [3.8, 4) is 6.07 Å². The highest BCUT2D eigenvalue weighted by molar-refractivity contribution is 5.82. The summed E-state index contributed by atoms with van der Waals surface area (Å²) in [5.41, 5.74) is 0. The Morgan fingerprint density at radius 2 is 2.27 bits per heavy atom. The molecule has 0 saturated heterocycles. The Kier molecular flexibility index (Phi) is 4.77. The fourth-order valence-corrected chi connectivity index (χ4v) is 1.61. The first kappa shape index (κ1) is 12.2. The Bertz CT molecular complexity index is 253. The van der Waals surface area contributed by atoms with E-state index in [-0.39, 0.29) is 5.92 Å². The van der Waals surface area contributed by atoms with Gasteiger partial charge in [-0.1, -0.05) is 13.8 Å². The smallest absolute Gasteiger partial charge is 0.149 e. The van der Waals surface area contributed by atoms with Gasteiger partial charge in [0, 0.05) is 24.9 Å². The maximum absolute atomic E-state index is 11.8. The summed E-state index contributed by atoms with van der Waals surface area (Å²) in [4.78, 5) is 13.9. The molecule has 1 rings (SSSR count). The van der Waals surface area contributed by atoms with E-state index in [1.54, 1.807) is 0 Å². The molecule has 0 bridgehead atoms. The van der Waals surface area contributed by atoms with Gasteiger partial charge >= 0.3 is 0 Å². The van der Waals surface area contributed by atoms with Crippen LogP contribution in [0.4, 0.5) is 0 Å². The molecule has 3 nitrogen and oxygen atoms in total. The SMILES string of the molecule is CCC(C)C(=O)CN(CCC#N)C1CC1. The molecular formula is C12H20N2O. The summed E-state index contributed by atoms with van der Waals surface area (Å²) in [5, 5.41) is 8.55. The van der Waals surface area contributed by atoms with Gasteiger partial charge in [0.25, 0.3) is 0 Å². The van der Waals surface area contributed by atoms with Crippen molar-refractivity contribution in [1.82, 2.24) is 4.90 Å². The number of rotatable bonds is 7. The normalized spacial score (nSPS) is 17.5. The lowest BCUT2D eigenvalue weighted by molar-refractivity contribution is -0.123. The number of ketones is 1. The van der Waals surface area contributed by atoms with E-state index in [1.807, 2.05) is 13.8 Å². The van der Waals surface area contributed by atoms with Gasteiger partial charge < -0.3 is 0 Å². The molecule has 1 atom stereocenters. The van der Waals surface area contributed by atoms with E-state index in [2.05, 4.69) is 11.0 Å². The van der Waals surface area contributed by atoms with E-state index in [4.69, 9.17) is 5.26 Å². The highest BCUT2D eigenvalue weighted by atomic mass is 16.1. The molecule has 1 saturated carbocycles. The Balaban J connectivity index is 2.37. The van der Waals surface area contributed by atoms with Crippen molar-refractivity contribution in [2.45, 2.75) is 45.6 Å². The highest BCUT2D eigenvalue weighted by Gasteiger charge is 2.30. The first-order valence-corrected chi connectivity index (χ1v) is 5.82. The molecule has 0 N–H and O–H groups in total. The summed E-state index contributed by atoms with van der Waals surface area (Å²) < 4.78 is 0. The third-order valence-electron chi connectivity index (χ3n) is 3.10. The summed E-state index contributed by atoms with van der Waals surface area (Å²) in [6.07, 6.45) is 3.83. The second-order valence-electron chi connectivity index (χ2n) is 4.39. The zero-order chi connectivity index (χ0) is 11.3. The van der Waals surface area contributed by atoms with E-state index in [1.165, 1.54) is 12.8 Å². The Morgan fingerprint density at radius 1 is 1.60 bits per heavy atom. The highest BCUT2D eigenvalue weighted by Crippen LogP contribution is 2.27. The van der Waals surface area contributed by atoms with Gasteiger partial charge in [0.05, 0.1) is 12.6 Å². The van der Waals surface area contributed by atoms with Crippen LogP contribution in [0.5, 0.6) is 0 Å². The zero-order valence-corrected chi connectivity index (χ0v) is 9.70. The molecule has 0 aromatic rings. The molecule has 1 fully saturated rings. The maximum atomic E-state index is 11.8. The number of carbonyl (C=O) groups excluding carboxylic acids is 1. The maximum Gasteiger partial charge on any atom is 0.149 e. The minimum atomic E-state index is 0.160. The van der Waals surface area contributed by atoms with Gasteiger partial charge in [-0.2, -0.15) is 5.26 Å². The quantitative estimate of drug-likeness (QED) is 0.642. The summed E-state index contributed by atoms with van der Waals surface area (Å²) in [6, 6.07) is 2.72. The van der Waals surface area contributed by atoms with Crippen LogP contribution in [0.1, 0.15) is 39.5 Å². The zero-order valence-electron chi connectivity index (χ0n) is 9.70. The van der Waals surface area contributed by atoms with Crippen LogP contribution >= 0.6 is 0 Å². The average Bonchev–Trinajstić information content (AvgIpc) is 3.06. The van der Waals surface area contributed by atoms with Crippen molar-refractivity contribution in [2.75, 3.05) is 13.1 Å². The van der Waals surface area contributed by atoms with Crippen molar-refractivity contribution in [2.24, 2.45) is 5.92 Å². The summed E-state index contributed by atoms with van der Waals surface area (Å²) in [5.74, 6) is 0.482. The molecule has 1 aliphatic rings. The summed E-state index contributed by atoms with van der Waals surface area (Å²) in [6.45, 7) is 5.32. The predicted molar refractivity (Wildman–Crippen MR) is 59.3 cm³/mol. The monoisotopic (exact) mass is 208 g/mol.